The molecule has 1 aliphatic heterocycles. The number of hydrogen-bond donors (Lipinski definition) is 1. The molecule has 2 aromatic carbocycles. The molecule has 0 amide bonds. The van der Waals surface area contributed by atoms with Crippen LogP contribution in [0.5, 0.6) is 0 Å². The van der Waals surface area contributed by atoms with Crippen LogP contribution in [-0.2, 0) is 11.8 Å². The molecule has 1 atom stereocenters. The van der Waals surface area contributed by atoms with Crippen molar-refractivity contribution in [3.05, 3.63) is 77.1 Å². The molecule has 0 saturated carbocycles. The Kier molecular flexibility index (Phi) is 5.51. The zero-order valence-electron chi connectivity index (χ0n) is 17.3. The molecule has 1 unspecified atom stereocenters. The zero-order valence-corrected chi connectivity index (χ0v) is 19.0. The van der Waals surface area contributed by atoms with Gasteiger partial charge in [-0.1, -0.05) is 35.9 Å². The largest absolute Gasteiger partial charge is 0.338 e. The van der Waals surface area contributed by atoms with E-state index in [1.54, 1.807) is 0 Å². The fourth-order valence-electron chi connectivity index (χ4n) is 3.92. The van der Waals surface area contributed by atoms with Crippen molar-refractivity contribution < 1.29 is 0 Å². The number of para-hydroxylation sites is 1. The molecular weight excluding hydrogens is 409 g/mol. The van der Waals surface area contributed by atoms with E-state index in [-0.39, 0.29) is 0 Å². The number of fused-ring (bicyclic) bond motifs is 1. The van der Waals surface area contributed by atoms with Crippen molar-refractivity contribution in [1.29, 1.82) is 5.26 Å². The first-order valence-electron chi connectivity index (χ1n) is 9.87. The van der Waals surface area contributed by atoms with Crippen LogP contribution in [0.3, 0.4) is 0 Å². The van der Waals surface area contributed by atoms with Gasteiger partial charge in [0.25, 0.3) is 0 Å². The van der Waals surface area contributed by atoms with Gasteiger partial charge in [0.05, 0.1) is 30.6 Å². The Hall–Kier alpha value is -2.87. The lowest BCUT2D eigenvalue weighted by atomic mass is 10.2. The van der Waals surface area contributed by atoms with Crippen LogP contribution in [0.1, 0.15) is 28.9 Å². The highest BCUT2D eigenvalue weighted by Gasteiger charge is 2.37. The van der Waals surface area contributed by atoms with Gasteiger partial charge in [-0.15, -0.1) is 0 Å². The normalized spacial score (nSPS) is 17.5. The molecule has 0 fully saturated rings. The van der Waals surface area contributed by atoms with E-state index in [9.17, 15) is 0 Å². The van der Waals surface area contributed by atoms with Gasteiger partial charge in [-0.3, -0.25) is 0 Å². The molecule has 0 saturated heterocycles. The number of anilines is 1. The molecule has 0 radical (unpaired) electrons. The number of nitrogens with zero attached hydrogens (tertiary/aromatic N) is 4. The maximum atomic E-state index is 9.16. The summed E-state index contributed by atoms with van der Waals surface area (Å²) in [5.74, 6) is 0. The van der Waals surface area contributed by atoms with Crippen molar-refractivity contribution in [2.75, 3.05) is 11.6 Å². The van der Waals surface area contributed by atoms with Crippen molar-refractivity contribution in [2.45, 2.75) is 27.2 Å². The van der Waals surface area contributed by atoms with Gasteiger partial charge in [0, 0.05) is 28.3 Å². The second-order valence-electron chi connectivity index (χ2n) is 7.41. The summed E-state index contributed by atoms with van der Waals surface area (Å²) in [7, 11) is 0. The summed E-state index contributed by atoms with van der Waals surface area (Å²) in [5, 5.41) is 18.6. The van der Waals surface area contributed by atoms with Crippen LogP contribution in [-0.4, -0.2) is 22.1 Å². The van der Waals surface area contributed by atoms with E-state index < -0.39 is 6.34 Å². The summed E-state index contributed by atoms with van der Waals surface area (Å²) in [6.07, 6.45) is -0.226. The van der Waals surface area contributed by atoms with Crippen LogP contribution in [0, 0.1) is 32.1 Å². The molecule has 0 spiro atoms. The van der Waals surface area contributed by atoms with Gasteiger partial charge in [0.2, 0.25) is 0 Å². The monoisotopic (exact) mass is 433 g/mol. The number of aromatic nitrogens is 1. The fraction of sp³-hybridized carbons (Fsp3) is 0.217. The van der Waals surface area contributed by atoms with E-state index in [1.165, 1.54) is 5.56 Å². The third kappa shape index (κ3) is 3.45. The molecule has 152 valence electrons. The number of hydrogen-bond acceptors (Lipinski definition) is 3. The summed E-state index contributed by atoms with van der Waals surface area (Å²) in [6, 6.07) is 20.8. The zero-order chi connectivity index (χ0) is 21.3. The van der Waals surface area contributed by atoms with Crippen LogP contribution in [0.15, 0.2) is 59.7 Å². The third-order valence-corrected chi connectivity index (χ3v) is 9.45. The van der Waals surface area contributed by atoms with E-state index >= 15 is 0 Å². The molecule has 4 rings (SSSR count). The first-order valence-corrected chi connectivity index (χ1v) is 12.6. The van der Waals surface area contributed by atoms with Crippen LogP contribution >= 0.6 is 6.34 Å². The molecule has 0 aliphatic carbocycles. The first-order chi connectivity index (χ1) is 14.5. The second kappa shape index (κ2) is 8.10. The second-order valence-corrected chi connectivity index (χ2v) is 11.3. The van der Waals surface area contributed by atoms with Gasteiger partial charge in [-0.2, -0.15) is 10.4 Å². The van der Waals surface area contributed by atoms with Gasteiger partial charge in [-0.05, 0) is 56.8 Å². The van der Waals surface area contributed by atoms with E-state index in [4.69, 9.17) is 22.2 Å². The number of nitriles is 1. The fourth-order valence-corrected chi connectivity index (χ4v) is 7.92. The summed E-state index contributed by atoms with van der Waals surface area (Å²) < 4.78 is 4.18. The Bertz CT molecular complexity index is 1190. The molecule has 1 aromatic heterocycles. The topological polar surface area (TPSA) is 56.4 Å². The average molecular weight is 434 g/mol. The average Bonchev–Trinajstić information content (AvgIpc) is 3.01. The number of nitrogens with one attached hydrogen (secondary N) is 1. The molecule has 30 heavy (non-hydrogen) atoms. The van der Waals surface area contributed by atoms with Gasteiger partial charge in [-0.25, -0.2) is 4.78 Å². The minimum atomic E-state index is -2.50. The summed E-state index contributed by atoms with van der Waals surface area (Å²) in [6.45, 7) is 6.80. The van der Waals surface area contributed by atoms with Gasteiger partial charge >= 0.3 is 0 Å². The molecule has 3 aromatic rings. The van der Waals surface area contributed by atoms with Crippen molar-refractivity contribution in [3.63, 3.8) is 0 Å². The number of hydrazone groups is 1. The van der Waals surface area contributed by atoms with Crippen LogP contribution in [0.2, 0.25) is 0 Å². The summed E-state index contributed by atoms with van der Waals surface area (Å²) in [4.78, 5) is 0. The number of rotatable bonds is 5. The van der Waals surface area contributed by atoms with E-state index in [0.717, 1.165) is 33.6 Å². The Morgan fingerprint density at radius 3 is 2.40 bits per heavy atom. The van der Waals surface area contributed by atoms with E-state index in [2.05, 4.69) is 72.9 Å². The predicted octanol–water partition coefficient (Wildman–Crippen LogP) is 5.01. The molecule has 0 bridgehead atoms. The minimum Gasteiger partial charge on any atom is -0.338 e. The third-order valence-electron chi connectivity index (χ3n) is 5.38. The Balaban J connectivity index is 1.89. The van der Waals surface area contributed by atoms with E-state index in [1.807, 2.05) is 29.2 Å². The van der Waals surface area contributed by atoms with Gasteiger partial charge in [0.1, 0.15) is 0 Å². The van der Waals surface area contributed by atoms with Crippen LogP contribution < -0.4 is 10.4 Å². The lowest BCUT2D eigenvalue weighted by Crippen LogP contribution is -2.32. The van der Waals surface area contributed by atoms with Crippen molar-refractivity contribution in [2.24, 2.45) is 5.10 Å². The summed E-state index contributed by atoms with van der Waals surface area (Å²) >= 11 is 6.36. The van der Waals surface area contributed by atoms with E-state index in [0.29, 0.717) is 13.0 Å². The van der Waals surface area contributed by atoms with Crippen LogP contribution in [0.4, 0.5) is 5.69 Å². The maximum Gasteiger partial charge on any atom is 0.168 e. The SMILES string of the molecule is Cc1ccc(NP2(=S)c3c(c(C)n(-c4ccccc4)c3C)C=NN2CCC#N)cc1. The molecule has 1 N–H and O–H groups in total. The van der Waals surface area contributed by atoms with Gasteiger partial charge < -0.3 is 9.65 Å². The van der Waals surface area contributed by atoms with Crippen molar-refractivity contribution in [3.8, 4) is 11.8 Å². The molecule has 7 heteroatoms. The van der Waals surface area contributed by atoms with Crippen molar-refractivity contribution in [1.82, 2.24) is 9.35 Å². The highest BCUT2D eigenvalue weighted by atomic mass is 32.4. The number of aryl methyl sites for hydroxylation is 1. The molecule has 2 heterocycles. The minimum absolute atomic E-state index is 0.373. The maximum absolute atomic E-state index is 9.16. The predicted molar refractivity (Wildman–Crippen MR) is 128 cm³/mol. The van der Waals surface area contributed by atoms with Crippen molar-refractivity contribution >= 4 is 35.4 Å². The lowest BCUT2D eigenvalue weighted by molar-refractivity contribution is 0.500. The standard InChI is InChI=1S/C23H24N5PS/c1-17-10-12-20(13-11-17)26-29(30)23-19(3)28(21-8-5-4-6-9-21)18(2)22(23)16-25-27(29)15-7-14-24/h4-6,8-13,16H,7,15H2,1-3H3,(H,26,30). The Labute approximate surface area is 182 Å². The van der Waals surface area contributed by atoms with Gasteiger partial charge in [0.15, 0.2) is 6.34 Å². The quantitative estimate of drug-likeness (QED) is 0.575. The highest BCUT2D eigenvalue weighted by Crippen LogP contribution is 2.53. The first kappa shape index (κ1) is 20.4. The molecular formula is C23H24N5PS. The molecule has 5 nitrogen and oxygen atoms in total. The molecule has 1 aliphatic rings. The number of benzene rings is 2. The smallest absolute Gasteiger partial charge is 0.168 e. The van der Waals surface area contributed by atoms with Crippen LogP contribution in [0.25, 0.3) is 5.69 Å². The highest BCUT2D eigenvalue weighted by molar-refractivity contribution is 8.17. The lowest BCUT2D eigenvalue weighted by Gasteiger charge is -2.36. The Morgan fingerprint density at radius 2 is 1.73 bits per heavy atom. The Morgan fingerprint density at radius 1 is 1.03 bits per heavy atom. The summed E-state index contributed by atoms with van der Waals surface area (Å²) in [5.41, 5.74) is 6.59.